The Bertz CT molecular complexity index is 731. The summed E-state index contributed by atoms with van der Waals surface area (Å²) in [5, 5.41) is 14.6. The van der Waals surface area contributed by atoms with Gasteiger partial charge in [0.2, 0.25) is 5.91 Å². The highest BCUT2D eigenvalue weighted by Crippen LogP contribution is 2.23. The highest BCUT2D eigenvalue weighted by Gasteiger charge is 2.11. The Morgan fingerprint density at radius 3 is 2.33 bits per heavy atom. The van der Waals surface area contributed by atoms with Gasteiger partial charge in [-0.2, -0.15) is 5.26 Å². The van der Waals surface area contributed by atoms with Crippen LogP contribution in [0.3, 0.4) is 0 Å². The number of carbonyl (C=O) groups excluding carboxylic acids is 1. The second-order valence-electron chi connectivity index (χ2n) is 5.16. The number of carbonyl (C=O) groups is 1. The van der Waals surface area contributed by atoms with Crippen LogP contribution in [0.5, 0.6) is 11.5 Å². The third-order valence-corrected chi connectivity index (χ3v) is 3.27. The van der Waals surface area contributed by atoms with E-state index in [0.29, 0.717) is 23.6 Å². The summed E-state index contributed by atoms with van der Waals surface area (Å²) < 4.78 is 5.71. The molecule has 5 heteroatoms. The Morgan fingerprint density at radius 2 is 1.79 bits per heavy atom. The lowest BCUT2D eigenvalue weighted by molar-refractivity contribution is -0.121. The van der Waals surface area contributed by atoms with Gasteiger partial charge in [-0.15, -0.1) is 6.58 Å². The number of nitriles is 1. The molecule has 0 fully saturated rings. The van der Waals surface area contributed by atoms with Crippen LogP contribution in [-0.4, -0.2) is 18.5 Å². The van der Waals surface area contributed by atoms with E-state index in [1.807, 2.05) is 24.3 Å². The van der Waals surface area contributed by atoms with Crippen LogP contribution in [0.2, 0.25) is 0 Å². The van der Waals surface area contributed by atoms with Crippen LogP contribution in [0.4, 0.5) is 5.69 Å². The molecule has 122 valence electrons. The van der Waals surface area contributed by atoms with Gasteiger partial charge in [0.1, 0.15) is 17.5 Å². The van der Waals surface area contributed by atoms with Gasteiger partial charge >= 0.3 is 0 Å². The average molecular weight is 321 g/mol. The molecule has 2 rings (SSSR count). The summed E-state index contributed by atoms with van der Waals surface area (Å²) in [6, 6.07) is 15.9. The van der Waals surface area contributed by atoms with Crippen LogP contribution in [0, 0.1) is 11.3 Å². The lowest BCUT2D eigenvalue weighted by atomic mass is 10.2. The standard InChI is InChI=1S/C19H19N3O2/c1-3-12-21-19(23)14(2)22-16-6-10-18(11-7-16)24-17-8-4-15(13-20)5-9-17/h3-11,14,22H,1,12H2,2H3,(H,21,23). The minimum absolute atomic E-state index is 0.0900. The zero-order valence-corrected chi connectivity index (χ0v) is 13.5. The largest absolute Gasteiger partial charge is 0.457 e. The third-order valence-electron chi connectivity index (χ3n) is 3.27. The molecule has 0 saturated heterocycles. The second kappa shape index (κ2) is 8.39. The molecule has 0 saturated carbocycles. The van der Waals surface area contributed by atoms with Gasteiger partial charge < -0.3 is 15.4 Å². The average Bonchev–Trinajstić information content (AvgIpc) is 2.62. The Balaban J connectivity index is 1.93. The number of benzene rings is 2. The van der Waals surface area contributed by atoms with Crippen LogP contribution in [0.1, 0.15) is 12.5 Å². The van der Waals surface area contributed by atoms with Crippen molar-refractivity contribution in [2.24, 2.45) is 0 Å². The van der Waals surface area contributed by atoms with Crippen molar-refractivity contribution in [3.63, 3.8) is 0 Å². The molecule has 0 bridgehead atoms. The molecule has 0 heterocycles. The summed E-state index contributed by atoms with van der Waals surface area (Å²) >= 11 is 0. The van der Waals surface area contributed by atoms with Crippen molar-refractivity contribution in [2.45, 2.75) is 13.0 Å². The minimum atomic E-state index is -0.352. The van der Waals surface area contributed by atoms with Crippen molar-refractivity contribution in [3.8, 4) is 17.6 Å². The molecular weight excluding hydrogens is 302 g/mol. The normalized spacial score (nSPS) is 11.0. The number of ether oxygens (including phenoxy) is 1. The monoisotopic (exact) mass is 321 g/mol. The number of nitrogens with one attached hydrogen (secondary N) is 2. The van der Waals surface area contributed by atoms with Gasteiger partial charge in [-0.1, -0.05) is 6.08 Å². The van der Waals surface area contributed by atoms with Crippen molar-refractivity contribution in [2.75, 3.05) is 11.9 Å². The van der Waals surface area contributed by atoms with E-state index in [9.17, 15) is 4.79 Å². The van der Waals surface area contributed by atoms with E-state index in [1.165, 1.54) is 0 Å². The summed E-state index contributed by atoms with van der Waals surface area (Å²) in [5.41, 5.74) is 1.41. The van der Waals surface area contributed by atoms with Gasteiger partial charge in [0, 0.05) is 12.2 Å². The Morgan fingerprint density at radius 1 is 1.21 bits per heavy atom. The second-order valence-corrected chi connectivity index (χ2v) is 5.16. The molecule has 0 radical (unpaired) electrons. The first-order valence-electron chi connectivity index (χ1n) is 7.55. The van der Waals surface area contributed by atoms with Crippen LogP contribution in [0.25, 0.3) is 0 Å². The van der Waals surface area contributed by atoms with Gasteiger partial charge in [0.15, 0.2) is 0 Å². The molecule has 0 aromatic heterocycles. The van der Waals surface area contributed by atoms with Gasteiger partial charge in [0.25, 0.3) is 0 Å². The summed E-state index contributed by atoms with van der Waals surface area (Å²) in [6.45, 7) is 5.80. The minimum Gasteiger partial charge on any atom is -0.457 e. The molecule has 0 aliphatic rings. The maximum atomic E-state index is 11.8. The highest BCUT2D eigenvalue weighted by atomic mass is 16.5. The zero-order chi connectivity index (χ0) is 17.4. The first-order valence-corrected chi connectivity index (χ1v) is 7.55. The highest BCUT2D eigenvalue weighted by molar-refractivity contribution is 5.84. The van der Waals surface area contributed by atoms with E-state index in [1.54, 1.807) is 37.3 Å². The predicted molar refractivity (Wildman–Crippen MR) is 94.0 cm³/mol. The van der Waals surface area contributed by atoms with Crippen LogP contribution < -0.4 is 15.4 Å². The number of hydrogen-bond donors (Lipinski definition) is 2. The fourth-order valence-electron chi connectivity index (χ4n) is 1.99. The van der Waals surface area contributed by atoms with Gasteiger partial charge in [-0.05, 0) is 55.5 Å². The molecule has 5 nitrogen and oxygen atoms in total. The van der Waals surface area contributed by atoms with E-state index in [4.69, 9.17) is 10.00 Å². The zero-order valence-electron chi connectivity index (χ0n) is 13.5. The summed E-state index contributed by atoms with van der Waals surface area (Å²) in [5.74, 6) is 1.24. The first kappa shape index (κ1) is 17.1. The third kappa shape index (κ3) is 4.89. The molecule has 0 aliphatic heterocycles. The molecule has 1 unspecified atom stereocenters. The number of rotatable bonds is 7. The van der Waals surface area contributed by atoms with E-state index in [0.717, 1.165) is 5.69 Å². The van der Waals surface area contributed by atoms with Gasteiger partial charge in [0.05, 0.1) is 11.6 Å². The first-order chi connectivity index (χ1) is 11.6. The number of hydrogen-bond acceptors (Lipinski definition) is 4. The van der Waals surface area contributed by atoms with Crippen molar-refractivity contribution >= 4 is 11.6 Å². The molecule has 0 spiro atoms. The SMILES string of the molecule is C=CCNC(=O)C(C)Nc1ccc(Oc2ccc(C#N)cc2)cc1. The van der Waals surface area contributed by atoms with Crippen molar-refractivity contribution in [1.29, 1.82) is 5.26 Å². The van der Waals surface area contributed by atoms with E-state index < -0.39 is 0 Å². The Labute approximate surface area is 141 Å². The fraction of sp³-hybridized carbons (Fsp3) is 0.158. The number of amides is 1. The summed E-state index contributed by atoms with van der Waals surface area (Å²) in [7, 11) is 0. The van der Waals surface area contributed by atoms with Crippen molar-refractivity contribution in [1.82, 2.24) is 5.32 Å². The van der Waals surface area contributed by atoms with Crippen molar-refractivity contribution in [3.05, 3.63) is 66.7 Å². The maximum absolute atomic E-state index is 11.8. The number of anilines is 1. The van der Waals surface area contributed by atoms with Crippen LogP contribution in [0.15, 0.2) is 61.2 Å². The Kier molecular flexibility index (Phi) is 5.98. The molecule has 2 aromatic carbocycles. The van der Waals surface area contributed by atoms with Crippen molar-refractivity contribution < 1.29 is 9.53 Å². The molecule has 1 atom stereocenters. The predicted octanol–water partition coefficient (Wildman–Crippen LogP) is 3.45. The van der Waals surface area contributed by atoms with Gasteiger partial charge in [-0.25, -0.2) is 0 Å². The lowest BCUT2D eigenvalue weighted by Crippen LogP contribution is -2.37. The molecular formula is C19H19N3O2. The van der Waals surface area contributed by atoms with Crippen LogP contribution >= 0.6 is 0 Å². The maximum Gasteiger partial charge on any atom is 0.242 e. The van der Waals surface area contributed by atoms with Gasteiger partial charge in [-0.3, -0.25) is 4.79 Å². The molecule has 0 aliphatic carbocycles. The fourth-order valence-corrected chi connectivity index (χ4v) is 1.99. The molecule has 2 aromatic rings. The summed E-state index contributed by atoms with van der Waals surface area (Å²) in [4.78, 5) is 11.8. The smallest absolute Gasteiger partial charge is 0.242 e. The molecule has 1 amide bonds. The van der Waals surface area contributed by atoms with E-state index in [2.05, 4.69) is 23.3 Å². The lowest BCUT2D eigenvalue weighted by Gasteiger charge is -2.15. The van der Waals surface area contributed by atoms with Crippen LogP contribution in [-0.2, 0) is 4.79 Å². The Hall–Kier alpha value is -3.26. The topological polar surface area (TPSA) is 74.2 Å². The number of nitrogens with zero attached hydrogens (tertiary/aromatic N) is 1. The van der Waals surface area contributed by atoms with E-state index >= 15 is 0 Å². The summed E-state index contributed by atoms with van der Waals surface area (Å²) in [6.07, 6.45) is 1.64. The molecule has 2 N–H and O–H groups in total. The van der Waals surface area contributed by atoms with E-state index in [-0.39, 0.29) is 11.9 Å². The quantitative estimate of drug-likeness (QED) is 0.766. The molecule has 24 heavy (non-hydrogen) atoms.